The summed E-state index contributed by atoms with van der Waals surface area (Å²) in [5.41, 5.74) is 6.48. The molecule has 0 saturated carbocycles. The lowest BCUT2D eigenvalue weighted by atomic mass is 10.1. The van der Waals surface area contributed by atoms with Crippen LogP contribution in [0.25, 0.3) is 0 Å². The number of sulfonamides is 1. The average Bonchev–Trinajstić information content (AvgIpc) is 2.78. The van der Waals surface area contributed by atoms with Crippen LogP contribution in [0.3, 0.4) is 0 Å². The number of anilines is 2. The van der Waals surface area contributed by atoms with Gasteiger partial charge in [0, 0.05) is 12.6 Å². The zero-order valence-corrected chi connectivity index (χ0v) is 17.7. The molecule has 0 fully saturated rings. The highest BCUT2D eigenvalue weighted by Gasteiger charge is 2.21. The van der Waals surface area contributed by atoms with E-state index >= 15 is 0 Å². The molecular formula is C22H21N3O5S. The van der Waals surface area contributed by atoms with E-state index in [2.05, 4.69) is 5.32 Å². The van der Waals surface area contributed by atoms with Gasteiger partial charge in [0.25, 0.3) is 21.8 Å². The molecule has 3 aromatic carbocycles. The third-order valence-electron chi connectivity index (χ3n) is 4.65. The summed E-state index contributed by atoms with van der Waals surface area (Å²) in [4.78, 5) is 24.2. The Morgan fingerprint density at radius 1 is 0.935 bits per heavy atom. The van der Waals surface area contributed by atoms with Crippen LogP contribution in [0.15, 0.2) is 77.7 Å². The third-order valence-corrected chi connectivity index (χ3v) is 6.45. The molecule has 0 saturated heterocycles. The highest BCUT2D eigenvalue weighted by atomic mass is 32.2. The van der Waals surface area contributed by atoms with Gasteiger partial charge in [0.2, 0.25) is 0 Å². The van der Waals surface area contributed by atoms with Crippen molar-refractivity contribution in [1.29, 1.82) is 0 Å². The lowest BCUT2D eigenvalue weighted by molar-refractivity contribution is 0.100. The number of rotatable bonds is 7. The van der Waals surface area contributed by atoms with Crippen molar-refractivity contribution in [3.05, 3.63) is 83.9 Å². The first-order valence-corrected chi connectivity index (χ1v) is 10.6. The number of nitrogens with zero attached hydrogens (tertiary/aromatic N) is 1. The standard InChI is InChI=1S/C22H21N3O5S/c1-25(31(28,29)18-13-11-17(30-2)12-14-18)16-9-7-15(8-10-16)22(27)24-20-6-4-3-5-19(20)21(23)26/h3-14H,1-2H3,(H2,23,26)(H,24,27). The Morgan fingerprint density at radius 3 is 2.13 bits per heavy atom. The third kappa shape index (κ3) is 4.67. The van der Waals surface area contributed by atoms with Crippen molar-refractivity contribution < 1.29 is 22.7 Å². The van der Waals surface area contributed by atoms with Crippen molar-refractivity contribution in [3.8, 4) is 5.75 Å². The number of amides is 2. The lowest BCUT2D eigenvalue weighted by Gasteiger charge is -2.20. The smallest absolute Gasteiger partial charge is 0.264 e. The molecule has 0 unspecified atom stereocenters. The van der Waals surface area contributed by atoms with E-state index in [4.69, 9.17) is 10.5 Å². The van der Waals surface area contributed by atoms with Crippen LogP contribution in [0.1, 0.15) is 20.7 Å². The molecule has 31 heavy (non-hydrogen) atoms. The Bertz CT molecular complexity index is 1210. The van der Waals surface area contributed by atoms with Gasteiger partial charge < -0.3 is 15.8 Å². The van der Waals surface area contributed by atoms with E-state index in [1.54, 1.807) is 30.3 Å². The predicted octanol–water partition coefficient (Wildman–Crippen LogP) is 2.87. The Kier molecular flexibility index (Phi) is 6.26. The number of nitrogens with one attached hydrogen (secondary N) is 1. The van der Waals surface area contributed by atoms with Gasteiger partial charge >= 0.3 is 0 Å². The maximum absolute atomic E-state index is 12.9. The number of benzene rings is 3. The van der Waals surface area contributed by atoms with Gasteiger partial charge in [-0.3, -0.25) is 13.9 Å². The molecule has 9 heteroatoms. The van der Waals surface area contributed by atoms with Crippen molar-refractivity contribution in [1.82, 2.24) is 0 Å². The minimum absolute atomic E-state index is 0.112. The van der Waals surface area contributed by atoms with Gasteiger partial charge in [0.1, 0.15) is 5.75 Å². The monoisotopic (exact) mass is 439 g/mol. The minimum Gasteiger partial charge on any atom is -0.497 e. The molecule has 3 aromatic rings. The molecule has 0 aliphatic carbocycles. The molecule has 0 atom stereocenters. The number of nitrogens with two attached hydrogens (primary N) is 1. The minimum atomic E-state index is -3.79. The SMILES string of the molecule is COc1ccc(S(=O)(=O)N(C)c2ccc(C(=O)Nc3ccccc3C(N)=O)cc2)cc1. The number of para-hydroxylation sites is 1. The maximum atomic E-state index is 12.9. The van der Waals surface area contributed by atoms with E-state index in [0.29, 0.717) is 22.7 Å². The van der Waals surface area contributed by atoms with Crippen molar-refractivity contribution in [2.75, 3.05) is 23.8 Å². The Morgan fingerprint density at radius 2 is 1.55 bits per heavy atom. The van der Waals surface area contributed by atoms with E-state index in [0.717, 1.165) is 4.31 Å². The normalized spacial score (nSPS) is 10.9. The largest absolute Gasteiger partial charge is 0.497 e. The highest BCUT2D eigenvalue weighted by molar-refractivity contribution is 7.92. The molecule has 8 nitrogen and oxygen atoms in total. The second kappa shape index (κ2) is 8.88. The van der Waals surface area contributed by atoms with Crippen molar-refractivity contribution in [2.45, 2.75) is 4.90 Å². The summed E-state index contributed by atoms with van der Waals surface area (Å²) >= 11 is 0. The van der Waals surface area contributed by atoms with Crippen LogP contribution in [0.2, 0.25) is 0 Å². The van der Waals surface area contributed by atoms with Gasteiger partial charge in [-0.25, -0.2) is 8.42 Å². The fourth-order valence-corrected chi connectivity index (χ4v) is 4.06. The van der Waals surface area contributed by atoms with Crippen LogP contribution in [0.4, 0.5) is 11.4 Å². The molecule has 0 radical (unpaired) electrons. The highest BCUT2D eigenvalue weighted by Crippen LogP contribution is 2.24. The quantitative estimate of drug-likeness (QED) is 0.587. The second-order valence-corrected chi connectivity index (χ2v) is 8.53. The number of carbonyl (C=O) groups excluding carboxylic acids is 2. The summed E-state index contributed by atoms with van der Waals surface area (Å²) in [6.07, 6.45) is 0. The van der Waals surface area contributed by atoms with Crippen molar-refractivity contribution in [2.24, 2.45) is 5.73 Å². The van der Waals surface area contributed by atoms with E-state index in [9.17, 15) is 18.0 Å². The van der Waals surface area contributed by atoms with Gasteiger partial charge in [-0.1, -0.05) is 12.1 Å². The van der Waals surface area contributed by atoms with E-state index in [-0.39, 0.29) is 10.5 Å². The van der Waals surface area contributed by atoms with Crippen LogP contribution < -0.4 is 20.1 Å². The van der Waals surface area contributed by atoms with Crippen molar-refractivity contribution in [3.63, 3.8) is 0 Å². The van der Waals surface area contributed by atoms with Gasteiger partial charge in [-0.05, 0) is 60.7 Å². The first kappa shape index (κ1) is 21.8. The van der Waals surface area contributed by atoms with Gasteiger partial charge in [-0.2, -0.15) is 0 Å². The zero-order valence-electron chi connectivity index (χ0n) is 16.9. The van der Waals surface area contributed by atoms with Gasteiger partial charge in [-0.15, -0.1) is 0 Å². The van der Waals surface area contributed by atoms with E-state index in [1.807, 2.05) is 0 Å². The molecule has 0 aliphatic rings. The molecular weight excluding hydrogens is 418 g/mol. The summed E-state index contributed by atoms with van der Waals surface area (Å²) in [5.74, 6) is -0.563. The topological polar surface area (TPSA) is 119 Å². The van der Waals surface area contributed by atoms with Gasteiger partial charge in [0.15, 0.2) is 0 Å². The van der Waals surface area contributed by atoms with Gasteiger partial charge in [0.05, 0.1) is 28.9 Å². The van der Waals surface area contributed by atoms with E-state index < -0.39 is 21.8 Å². The summed E-state index contributed by atoms with van der Waals surface area (Å²) in [7, 11) is -0.860. The van der Waals surface area contributed by atoms with Crippen LogP contribution in [-0.2, 0) is 10.0 Å². The van der Waals surface area contributed by atoms with Crippen molar-refractivity contribution >= 4 is 33.2 Å². The molecule has 3 rings (SSSR count). The Hall–Kier alpha value is -3.85. The molecule has 160 valence electrons. The molecule has 2 amide bonds. The number of ether oxygens (including phenoxy) is 1. The molecule has 0 bridgehead atoms. The van der Waals surface area contributed by atoms with Crippen LogP contribution in [-0.4, -0.2) is 34.4 Å². The summed E-state index contributed by atoms with van der Waals surface area (Å²) < 4.78 is 31.9. The summed E-state index contributed by atoms with van der Waals surface area (Å²) in [6.45, 7) is 0. The lowest BCUT2D eigenvalue weighted by Crippen LogP contribution is -2.26. The number of carbonyl (C=O) groups is 2. The molecule has 0 aliphatic heterocycles. The average molecular weight is 439 g/mol. The number of hydrogen-bond donors (Lipinski definition) is 2. The molecule has 3 N–H and O–H groups in total. The molecule has 0 aromatic heterocycles. The van der Waals surface area contributed by atoms with E-state index in [1.165, 1.54) is 56.6 Å². The fraction of sp³-hybridized carbons (Fsp3) is 0.0909. The van der Waals surface area contributed by atoms with Crippen LogP contribution >= 0.6 is 0 Å². The molecule has 0 spiro atoms. The summed E-state index contributed by atoms with van der Waals surface area (Å²) in [6, 6.07) is 18.5. The fourth-order valence-electron chi connectivity index (χ4n) is 2.87. The number of methoxy groups -OCH3 is 1. The zero-order chi connectivity index (χ0) is 22.6. The Labute approximate surface area is 180 Å². The summed E-state index contributed by atoms with van der Waals surface area (Å²) in [5, 5.41) is 2.64. The molecule has 0 heterocycles. The Balaban J connectivity index is 1.79. The first-order chi connectivity index (χ1) is 14.7. The van der Waals surface area contributed by atoms with Crippen LogP contribution in [0.5, 0.6) is 5.75 Å². The number of primary amides is 1. The first-order valence-electron chi connectivity index (χ1n) is 9.17. The predicted molar refractivity (Wildman–Crippen MR) is 118 cm³/mol. The maximum Gasteiger partial charge on any atom is 0.264 e. The van der Waals surface area contributed by atoms with Crippen LogP contribution in [0, 0.1) is 0 Å². The number of hydrogen-bond acceptors (Lipinski definition) is 5. The second-order valence-electron chi connectivity index (χ2n) is 6.56.